The van der Waals surface area contributed by atoms with Crippen molar-refractivity contribution < 1.29 is 0 Å². The Labute approximate surface area is 98.6 Å². The van der Waals surface area contributed by atoms with E-state index in [2.05, 4.69) is 48.7 Å². The molecule has 0 heterocycles. The van der Waals surface area contributed by atoms with Crippen LogP contribution in [0.1, 0.15) is 43.2 Å². The van der Waals surface area contributed by atoms with E-state index in [0.29, 0.717) is 0 Å². The molecule has 1 aromatic carbocycles. The largest absolute Gasteiger partial charge is 0.313 e. The fourth-order valence-electron chi connectivity index (χ4n) is 1.98. The monoisotopic (exact) mass is 215 g/mol. The highest BCUT2D eigenvalue weighted by atomic mass is 14.8. The summed E-state index contributed by atoms with van der Waals surface area (Å²) in [5, 5.41) is 3.38. The van der Waals surface area contributed by atoms with Crippen molar-refractivity contribution in [3.63, 3.8) is 0 Å². The SMILES string of the molecule is CCCNCC=Cc1ccccc1C1CC1. The molecule has 0 spiro atoms. The summed E-state index contributed by atoms with van der Waals surface area (Å²) >= 11 is 0. The molecule has 0 atom stereocenters. The third-order valence-corrected chi connectivity index (χ3v) is 3.00. The summed E-state index contributed by atoms with van der Waals surface area (Å²) in [6.45, 7) is 4.28. The zero-order valence-electron chi connectivity index (χ0n) is 10.1. The summed E-state index contributed by atoms with van der Waals surface area (Å²) in [4.78, 5) is 0. The van der Waals surface area contributed by atoms with Gasteiger partial charge in [-0.05, 0) is 42.9 Å². The van der Waals surface area contributed by atoms with Gasteiger partial charge in [-0.2, -0.15) is 0 Å². The molecule has 1 aromatic rings. The fourth-order valence-corrected chi connectivity index (χ4v) is 1.98. The highest BCUT2D eigenvalue weighted by molar-refractivity contribution is 5.55. The predicted molar refractivity (Wildman–Crippen MR) is 70.6 cm³/mol. The van der Waals surface area contributed by atoms with Crippen LogP contribution in [0.5, 0.6) is 0 Å². The van der Waals surface area contributed by atoms with E-state index < -0.39 is 0 Å². The van der Waals surface area contributed by atoms with Crippen LogP contribution in [0.25, 0.3) is 6.08 Å². The zero-order valence-corrected chi connectivity index (χ0v) is 10.1. The van der Waals surface area contributed by atoms with E-state index in [0.717, 1.165) is 19.0 Å². The Bertz CT molecular complexity index is 350. The molecule has 1 nitrogen and oxygen atoms in total. The van der Waals surface area contributed by atoms with Crippen LogP contribution in [0.2, 0.25) is 0 Å². The average molecular weight is 215 g/mol. The van der Waals surface area contributed by atoms with Crippen LogP contribution in [-0.4, -0.2) is 13.1 Å². The van der Waals surface area contributed by atoms with E-state index in [4.69, 9.17) is 0 Å². The normalized spacial score (nSPS) is 15.8. The molecule has 0 saturated heterocycles. The van der Waals surface area contributed by atoms with Crippen LogP contribution < -0.4 is 5.32 Å². The zero-order chi connectivity index (χ0) is 11.2. The number of benzene rings is 1. The van der Waals surface area contributed by atoms with Gasteiger partial charge in [0.1, 0.15) is 0 Å². The van der Waals surface area contributed by atoms with E-state index in [1.807, 2.05) is 0 Å². The third-order valence-electron chi connectivity index (χ3n) is 3.00. The first kappa shape index (κ1) is 11.4. The van der Waals surface area contributed by atoms with Gasteiger partial charge in [0.2, 0.25) is 0 Å². The van der Waals surface area contributed by atoms with Crippen LogP contribution in [0, 0.1) is 0 Å². The van der Waals surface area contributed by atoms with Gasteiger partial charge in [-0.3, -0.25) is 0 Å². The van der Waals surface area contributed by atoms with Crippen molar-refractivity contribution in [1.82, 2.24) is 5.32 Å². The molecule has 16 heavy (non-hydrogen) atoms. The molecule has 2 rings (SSSR count). The highest BCUT2D eigenvalue weighted by Gasteiger charge is 2.24. The van der Waals surface area contributed by atoms with Crippen molar-refractivity contribution >= 4 is 6.08 Å². The number of hydrogen-bond acceptors (Lipinski definition) is 1. The average Bonchev–Trinajstić information content (AvgIpc) is 3.13. The molecule has 0 aliphatic heterocycles. The predicted octanol–water partition coefficient (Wildman–Crippen LogP) is 3.58. The van der Waals surface area contributed by atoms with Crippen LogP contribution in [-0.2, 0) is 0 Å². The maximum absolute atomic E-state index is 3.38. The third kappa shape index (κ3) is 3.21. The van der Waals surface area contributed by atoms with Crippen molar-refractivity contribution in [3.8, 4) is 0 Å². The van der Waals surface area contributed by atoms with Crippen molar-refractivity contribution in [2.45, 2.75) is 32.1 Å². The Morgan fingerprint density at radius 2 is 2.12 bits per heavy atom. The second kappa shape index (κ2) is 5.86. The van der Waals surface area contributed by atoms with Gasteiger partial charge in [0, 0.05) is 6.54 Å². The van der Waals surface area contributed by atoms with E-state index >= 15 is 0 Å². The smallest absolute Gasteiger partial charge is 0.0138 e. The minimum absolute atomic E-state index is 0.837. The lowest BCUT2D eigenvalue weighted by Gasteiger charge is -2.03. The maximum atomic E-state index is 3.38. The molecule has 1 N–H and O–H groups in total. The number of nitrogens with one attached hydrogen (secondary N) is 1. The topological polar surface area (TPSA) is 12.0 Å². The van der Waals surface area contributed by atoms with Crippen molar-refractivity contribution in [3.05, 3.63) is 41.5 Å². The second-order valence-electron chi connectivity index (χ2n) is 4.51. The first-order valence-corrected chi connectivity index (χ1v) is 6.38. The lowest BCUT2D eigenvalue weighted by molar-refractivity contribution is 0.730. The molecular formula is C15H21N. The molecule has 1 aliphatic rings. The van der Waals surface area contributed by atoms with Crippen molar-refractivity contribution in [2.24, 2.45) is 0 Å². The molecular weight excluding hydrogens is 194 g/mol. The van der Waals surface area contributed by atoms with E-state index in [1.165, 1.54) is 30.4 Å². The molecule has 1 heteroatoms. The van der Waals surface area contributed by atoms with Gasteiger partial charge in [0.25, 0.3) is 0 Å². The summed E-state index contributed by atoms with van der Waals surface area (Å²) < 4.78 is 0. The molecule has 0 bridgehead atoms. The summed E-state index contributed by atoms with van der Waals surface area (Å²) in [6.07, 6.45) is 8.44. The van der Waals surface area contributed by atoms with Gasteiger partial charge >= 0.3 is 0 Å². The van der Waals surface area contributed by atoms with Gasteiger partial charge in [-0.1, -0.05) is 43.3 Å². The fraction of sp³-hybridized carbons (Fsp3) is 0.467. The van der Waals surface area contributed by atoms with Crippen molar-refractivity contribution in [2.75, 3.05) is 13.1 Å². The Kier molecular flexibility index (Phi) is 4.17. The van der Waals surface area contributed by atoms with Gasteiger partial charge in [-0.25, -0.2) is 0 Å². The Balaban J connectivity index is 1.92. The molecule has 1 aliphatic carbocycles. The van der Waals surface area contributed by atoms with Gasteiger partial charge in [-0.15, -0.1) is 0 Å². The van der Waals surface area contributed by atoms with Gasteiger partial charge in [0.05, 0.1) is 0 Å². The maximum Gasteiger partial charge on any atom is 0.0138 e. The van der Waals surface area contributed by atoms with Crippen LogP contribution >= 0.6 is 0 Å². The Morgan fingerprint density at radius 3 is 2.88 bits per heavy atom. The van der Waals surface area contributed by atoms with E-state index in [-0.39, 0.29) is 0 Å². The summed E-state index contributed by atoms with van der Waals surface area (Å²) in [5.41, 5.74) is 2.94. The van der Waals surface area contributed by atoms with Gasteiger partial charge in [0.15, 0.2) is 0 Å². The second-order valence-corrected chi connectivity index (χ2v) is 4.51. The molecule has 1 saturated carbocycles. The molecule has 86 valence electrons. The summed E-state index contributed by atoms with van der Waals surface area (Å²) in [5.74, 6) is 0.837. The summed E-state index contributed by atoms with van der Waals surface area (Å²) in [6, 6.07) is 8.78. The Morgan fingerprint density at radius 1 is 1.31 bits per heavy atom. The lowest BCUT2D eigenvalue weighted by Crippen LogP contribution is -2.13. The first-order chi connectivity index (χ1) is 7.92. The molecule has 0 radical (unpaired) electrons. The van der Waals surface area contributed by atoms with E-state index in [1.54, 1.807) is 0 Å². The molecule has 1 fully saturated rings. The highest BCUT2D eigenvalue weighted by Crippen LogP contribution is 2.41. The number of rotatable bonds is 6. The lowest BCUT2D eigenvalue weighted by atomic mass is 10.0. The molecule has 0 unspecified atom stereocenters. The summed E-state index contributed by atoms with van der Waals surface area (Å²) in [7, 11) is 0. The minimum Gasteiger partial charge on any atom is -0.313 e. The Hall–Kier alpha value is -1.08. The number of hydrogen-bond donors (Lipinski definition) is 1. The van der Waals surface area contributed by atoms with Crippen LogP contribution in [0.15, 0.2) is 30.3 Å². The van der Waals surface area contributed by atoms with Crippen LogP contribution in [0.3, 0.4) is 0 Å². The standard InChI is InChI=1S/C15H21N/c1-2-11-16-12-5-7-13-6-3-4-8-15(13)14-9-10-14/h3-8,14,16H,2,9-12H2,1H3. The minimum atomic E-state index is 0.837. The van der Waals surface area contributed by atoms with Gasteiger partial charge < -0.3 is 5.32 Å². The quantitative estimate of drug-likeness (QED) is 0.715. The molecule has 0 amide bonds. The first-order valence-electron chi connectivity index (χ1n) is 6.38. The molecule has 0 aromatic heterocycles. The van der Waals surface area contributed by atoms with Crippen molar-refractivity contribution in [1.29, 1.82) is 0 Å². The van der Waals surface area contributed by atoms with Crippen LogP contribution in [0.4, 0.5) is 0 Å². The van der Waals surface area contributed by atoms with E-state index in [9.17, 15) is 0 Å².